The van der Waals surface area contributed by atoms with Gasteiger partial charge in [0.1, 0.15) is 0 Å². The lowest BCUT2D eigenvalue weighted by atomic mass is 10.0. The van der Waals surface area contributed by atoms with Crippen LogP contribution in [0.25, 0.3) is 0 Å². The highest BCUT2D eigenvalue weighted by molar-refractivity contribution is 7.47. The zero-order valence-corrected chi connectivity index (χ0v) is 35.9. The molecule has 0 bridgehead atoms. The third kappa shape index (κ3) is 39.3. The molecule has 53 heavy (non-hydrogen) atoms. The summed E-state index contributed by atoms with van der Waals surface area (Å²) in [6.45, 7) is 4.22. The molecule has 0 saturated heterocycles. The van der Waals surface area contributed by atoms with Crippen molar-refractivity contribution in [3.05, 3.63) is 12.2 Å². The largest absolute Gasteiger partial charge is 0.472 e. The second-order valence-electron chi connectivity index (χ2n) is 15.6. The van der Waals surface area contributed by atoms with Crippen LogP contribution >= 0.6 is 7.82 Å². The number of hydrogen-bond acceptors (Lipinski definition) is 6. The highest BCUT2D eigenvalue weighted by Gasteiger charge is 2.27. The van der Waals surface area contributed by atoms with Gasteiger partial charge in [0.05, 0.1) is 25.4 Å². The summed E-state index contributed by atoms with van der Waals surface area (Å²) < 4.78 is 22.2. The summed E-state index contributed by atoms with van der Waals surface area (Å²) in [5.41, 5.74) is 5.38. The van der Waals surface area contributed by atoms with Crippen LogP contribution in [-0.4, -0.2) is 47.8 Å². The fraction of sp³-hybridized carbons (Fsp3) is 0.932. The van der Waals surface area contributed by atoms with Crippen LogP contribution < -0.4 is 11.1 Å². The molecular weight excluding hydrogens is 683 g/mol. The number of phosphoric acid groups is 1. The number of carbonyl (C=O) groups is 1. The quantitative estimate of drug-likeness (QED) is 0.0276. The summed E-state index contributed by atoms with van der Waals surface area (Å²) in [7, 11) is -4.31. The molecule has 3 unspecified atom stereocenters. The summed E-state index contributed by atoms with van der Waals surface area (Å²) in [5, 5.41) is 13.8. The van der Waals surface area contributed by atoms with Crippen molar-refractivity contribution in [1.29, 1.82) is 0 Å². The van der Waals surface area contributed by atoms with Gasteiger partial charge in [0.25, 0.3) is 0 Å². The maximum absolute atomic E-state index is 12.8. The normalized spacial score (nSPS) is 14.1. The average molecular weight is 773 g/mol. The first-order valence-corrected chi connectivity index (χ1v) is 24.3. The van der Waals surface area contributed by atoms with Crippen molar-refractivity contribution < 1.29 is 28.4 Å². The van der Waals surface area contributed by atoms with Crippen molar-refractivity contribution in [2.45, 2.75) is 244 Å². The number of aliphatic hydroxyl groups is 1. The first-order chi connectivity index (χ1) is 25.9. The van der Waals surface area contributed by atoms with Crippen LogP contribution in [0, 0.1) is 0 Å². The van der Waals surface area contributed by atoms with Crippen LogP contribution in [0.4, 0.5) is 0 Å². The molecule has 5 N–H and O–H groups in total. The van der Waals surface area contributed by atoms with Crippen molar-refractivity contribution >= 4 is 13.7 Å². The van der Waals surface area contributed by atoms with Crippen molar-refractivity contribution in [2.24, 2.45) is 5.73 Å². The van der Waals surface area contributed by atoms with Gasteiger partial charge in [-0.25, -0.2) is 4.57 Å². The zero-order valence-electron chi connectivity index (χ0n) is 35.0. The van der Waals surface area contributed by atoms with Crippen LogP contribution in [0.15, 0.2) is 12.2 Å². The average Bonchev–Trinajstić information content (AvgIpc) is 3.14. The van der Waals surface area contributed by atoms with E-state index in [2.05, 4.69) is 31.3 Å². The van der Waals surface area contributed by atoms with Gasteiger partial charge in [-0.3, -0.25) is 13.8 Å². The van der Waals surface area contributed by atoms with Gasteiger partial charge in [0, 0.05) is 13.0 Å². The molecule has 0 aromatic carbocycles. The van der Waals surface area contributed by atoms with Crippen LogP contribution in [0.3, 0.4) is 0 Å². The SMILES string of the molecule is CCCCCCCC/C=C\CCCCCCCC(=O)NC(COP(=O)(O)OCCN)C(O)CCCCCCCCCCCCCCCCCCCCC. The van der Waals surface area contributed by atoms with Crippen LogP contribution in [0.2, 0.25) is 0 Å². The number of allylic oxidation sites excluding steroid dienone is 2. The molecule has 0 fully saturated rings. The Hall–Kier alpha value is -0.760. The van der Waals surface area contributed by atoms with E-state index in [4.69, 9.17) is 14.8 Å². The Labute approximate surface area is 328 Å². The van der Waals surface area contributed by atoms with E-state index in [1.165, 1.54) is 154 Å². The Balaban J connectivity index is 4.11. The fourth-order valence-corrected chi connectivity index (χ4v) is 7.66. The van der Waals surface area contributed by atoms with Crippen LogP contribution in [-0.2, 0) is 18.4 Å². The standard InChI is InChI=1S/C44H89N2O6P/c1-3-5-7-9-11-13-15-17-19-20-21-22-24-25-27-29-31-33-35-37-43(47)42(41-52-53(49,50)51-40-39-45)46-44(48)38-36-34-32-30-28-26-23-18-16-14-12-10-8-6-4-2/h18,23,42-43,47H,3-17,19-22,24-41,45H2,1-2H3,(H,46,48)(H,49,50)/b23-18-. The second kappa shape index (κ2) is 40.9. The number of rotatable bonds is 43. The maximum atomic E-state index is 12.8. The second-order valence-corrected chi connectivity index (χ2v) is 17.1. The van der Waals surface area contributed by atoms with E-state index in [0.29, 0.717) is 12.8 Å². The molecule has 0 heterocycles. The first-order valence-electron chi connectivity index (χ1n) is 22.8. The van der Waals surface area contributed by atoms with Crippen molar-refractivity contribution in [3.8, 4) is 0 Å². The predicted octanol–water partition coefficient (Wildman–Crippen LogP) is 12.8. The number of aliphatic hydroxyl groups excluding tert-OH is 1. The molecule has 0 rings (SSSR count). The van der Waals surface area contributed by atoms with Gasteiger partial charge in [-0.2, -0.15) is 0 Å². The van der Waals surface area contributed by atoms with Gasteiger partial charge in [-0.05, 0) is 38.5 Å². The summed E-state index contributed by atoms with van der Waals surface area (Å²) in [5.74, 6) is -0.168. The fourth-order valence-electron chi connectivity index (χ4n) is 6.90. The smallest absolute Gasteiger partial charge is 0.391 e. The van der Waals surface area contributed by atoms with Gasteiger partial charge >= 0.3 is 7.82 Å². The van der Waals surface area contributed by atoms with Gasteiger partial charge in [-0.1, -0.05) is 199 Å². The van der Waals surface area contributed by atoms with E-state index in [-0.39, 0.29) is 25.7 Å². The van der Waals surface area contributed by atoms with Gasteiger partial charge in [-0.15, -0.1) is 0 Å². The lowest BCUT2D eigenvalue weighted by Gasteiger charge is -2.25. The van der Waals surface area contributed by atoms with Crippen molar-refractivity contribution in [3.63, 3.8) is 0 Å². The molecule has 0 aliphatic rings. The molecule has 3 atom stereocenters. The number of unbranched alkanes of at least 4 members (excludes halogenated alkanes) is 29. The van der Waals surface area contributed by atoms with Gasteiger partial charge < -0.3 is 21.1 Å². The molecule has 0 radical (unpaired) electrons. The number of nitrogens with one attached hydrogen (secondary N) is 1. The highest BCUT2D eigenvalue weighted by Crippen LogP contribution is 2.43. The number of carbonyl (C=O) groups excluding carboxylic acids is 1. The van der Waals surface area contributed by atoms with E-state index in [9.17, 15) is 19.4 Å². The first kappa shape index (κ1) is 52.2. The van der Waals surface area contributed by atoms with Crippen molar-refractivity contribution in [2.75, 3.05) is 19.8 Å². The molecular formula is C44H89N2O6P. The minimum Gasteiger partial charge on any atom is -0.391 e. The van der Waals surface area contributed by atoms with Crippen molar-refractivity contribution in [1.82, 2.24) is 5.32 Å². The summed E-state index contributed by atoms with van der Waals surface area (Å²) in [6, 6.07) is -0.775. The van der Waals surface area contributed by atoms with Crippen LogP contribution in [0.5, 0.6) is 0 Å². The number of amides is 1. The summed E-state index contributed by atoms with van der Waals surface area (Å²) in [4.78, 5) is 22.7. The van der Waals surface area contributed by atoms with E-state index in [1.54, 1.807) is 0 Å². The Morgan fingerprint density at radius 3 is 1.40 bits per heavy atom. The number of nitrogens with two attached hydrogens (primary N) is 1. The van der Waals surface area contributed by atoms with E-state index >= 15 is 0 Å². The molecule has 316 valence electrons. The molecule has 9 heteroatoms. The third-order valence-corrected chi connectivity index (χ3v) is 11.4. The number of phosphoric ester groups is 1. The Bertz CT molecular complexity index is 845. The molecule has 0 aliphatic heterocycles. The Morgan fingerprint density at radius 1 is 0.604 bits per heavy atom. The van der Waals surface area contributed by atoms with Crippen LogP contribution in [0.1, 0.15) is 232 Å². The van der Waals surface area contributed by atoms with Gasteiger partial charge in [0.2, 0.25) is 5.91 Å². The summed E-state index contributed by atoms with van der Waals surface area (Å²) in [6.07, 6.45) is 45.0. The molecule has 0 aromatic heterocycles. The summed E-state index contributed by atoms with van der Waals surface area (Å²) >= 11 is 0. The third-order valence-electron chi connectivity index (χ3n) is 10.4. The lowest BCUT2D eigenvalue weighted by Crippen LogP contribution is -2.46. The molecule has 1 amide bonds. The predicted molar refractivity (Wildman–Crippen MR) is 226 cm³/mol. The van der Waals surface area contributed by atoms with E-state index in [0.717, 1.165) is 51.4 Å². The Kier molecular flexibility index (Phi) is 40.3. The molecule has 0 aromatic rings. The molecule has 0 saturated carbocycles. The monoisotopic (exact) mass is 773 g/mol. The number of hydrogen-bond donors (Lipinski definition) is 4. The maximum Gasteiger partial charge on any atom is 0.472 e. The molecule has 0 spiro atoms. The topological polar surface area (TPSA) is 131 Å². The highest BCUT2D eigenvalue weighted by atomic mass is 31.2. The van der Waals surface area contributed by atoms with E-state index in [1.807, 2.05) is 0 Å². The zero-order chi connectivity index (χ0) is 38.9. The van der Waals surface area contributed by atoms with E-state index < -0.39 is 20.0 Å². The lowest BCUT2D eigenvalue weighted by molar-refractivity contribution is -0.123. The minimum absolute atomic E-state index is 0.0893. The minimum atomic E-state index is -4.31. The molecule has 0 aliphatic carbocycles. The molecule has 8 nitrogen and oxygen atoms in total. The van der Waals surface area contributed by atoms with Gasteiger partial charge in [0.15, 0.2) is 0 Å². The Morgan fingerprint density at radius 2 is 0.981 bits per heavy atom.